The number of hydrogen-bond donors (Lipinski definition) is 2. The Morgan fingerprint density at radius 3 is 3.16 bits per heavy atom. The van der Waals surface area contributed by atoms with Gasteiger partial charge in [-0.1, -0.05) is 17.7 Å². The summed E-state index contributed by atoms with van der Waals surface area (Å²) in [5, 5.41) is 3.74. The first-order valence-corrected chi connectivity index (χ1v) is 7.04. The second-order valence-electron chi connectivity index (χ2n) is 6.00. The van der Waals surface area contributed by atoms with Gasteiger partial charge in [-0.05, 0) is 49.9 Å². The van der Waals surface area contributed by atoms with Crippen LogP contribution in [0, 0.1) is 5.92 Å². The predicted molar refractivity (Wildman–Crippen MR) is 75.0 cm³/mol. The van der Waals surface area contributed by atoms with E-state index >= 15 is 0 Å². The fourth-order valence-corrected chi connectivity index (χ4v) is 4.15. The van der Waals surface area contributed by atoms with Crippen molar-refractivity contribution in [2.75, 3.05) is 6.54 Å². The third kappa shape index (κ3) is 1.45. The van der Waals surface area contributed by atoms with Crippen molar-refractivity contribution in [3.63, 3.8) is 0 Å². The average molecular weight is 254 g/mol. The minimum absolute atomic E-state index is 0.0113. The quantitative estimate of drug-likeness (QED) is 0.696. The highest BCUT2D eigenvalue weighted by Crippen LogP contribution is 2.50. The molecule has 1 aliphatic heterocycles. The van der Waals surface area contributed by atoms with Crippen LogP contribution in [0.15, 0.2) is 40.2 Å². The van der Waals surface area contributed by atoms with Crippen molar-refractivity contribution < 1.29 is 0 Å². The molecule has 3 heteroatoms. The summed E-state index contributed by atoms with van der Waals surface area (Å²) in [6.07, 6.45) is 7.86. The van der Waals surface area contributed by atoms with Crippen molar-refractivity contribution in [3.05, 3.63) is 57.0 Å². The molecule has 0 unspecified atom stereocenters. The molecule has 0 radical (unpaired) electrons. The lowest BCUT2D eigenvalue weighted by Crippen LogP contribution is -2.53. The molecule has 0 saturated heterocycles. The molecular formula is C16H18N2O. The first-order valence-electron chi connectivity index (χ1n) is 7.04. The van der Waals surface area contributed by atoms with E-state index in [0.29, 0.717) is 5.92 Å². The summed E-state index contributed by atoms with van der Waals surface area (Å²) in [5.41, 5.74) is 5.32. The first kappa shape index (κ1) is 11.2. The van der Waals surface area contributed by atoms with Crippen molar-refractivity contribution in [1.29, 1.82) is 0 Å². The molecule has 3 aliphatic rings. The molecule has 4 rings (SSSR count). The molecule has 0 amide bonds. The molecule has 98 valence electrons. The van der Waals surface area contributed by atoms with Crippen LogP contribution in [0.1, 0.15) is 31.0 Å². The summed E-state index contributed by atoms with van der Waals surface area (Å²) < 4.78 is 0. The van der Waals surface area contributed by atoms with Gasteiger partial charge >= 0.3 is 0 Å². The first-order chi connectivity index (χ1) is 9.19. The molecule has 2 bridgehead atoms. The highest BCUT2D eigenvalue weighted by atomic mass is 16.1. The zero-order chi connectivity index (χ0) is 13.0. The van der Waals surface area contributed by atoms with Gasteiger partial charge in [-0.3, -0.25) is 4.79 Å². The molecule has 1 aromatic rings. The summed E-state index contributed by atoms with van der Waals surface area (Å²) in [5.74, 6) is 0.451. The average Bonchev–Trinajstić information content (AvgIpc) is 2.37. The topological polar surface area (TPSA) is 44.9 Å². The molecule has 0 aromatic carbocycles. The number of rotatable bonds is 0. The molecular weight excluding hydrogens is 236 g/mol. The Kier molecular flexibility index (Phi) is 2.19. The fourth-order valence-electron chi connectivity index (χ4n) is 4.15. The lowest BCUT2D eigenvalue weighted by molar-refractivity contribution is 0.310. The summed E-state index contributed by atoms with van der Waals surface area (Å²) in [4.78, 5) is 14.6. The third-order valence-electron chi connectivity index (χ3n) is 4.74. The summed E-state index contributed by atoms with van der Waals surface area (Å²) in [6, 6.07) is 3.69. The van der Waals surface area contributed by atoms with Crippen LogP contribution in [0.25, 0.3) is 0 Å². The van der Waals surface area contributed by atoms with E-state index in [9.17, 15) is 4.79 Å². The number of fused-ring (bicyclic) bond motifs is 1. The van der Waals surface area contributed by atoms with Gasteiger partial charge in [0.15, 0.2) is 0 Å². The lowest BCUT2D eigenvalue weighted by Gasteiger charge is -2.50. The lowest BCUT2D eigenvalue weighted by atomic mass is 9.62. The molecule has 2 aliphatic carbocycles. The monoisotopic (exact) mass is 254 g/mol. The van der Waals surface area contributed by atoms with Crippen molar-refractivity contribution in [1.82, 2.24) is 10.3 Å². The molecule has 2 atom stereocenters. The Morgan fingerprint density at radius 2 is 2.26 bits per heavy atom. The number of pyridine rings is 1. The smallest absolute Gasteiger partial charge is 0.248 e. The second kappa shape index (κ2) is 3.70. The van der Waals surface area contributed by atoms with Gasteiger partial charge < -0.3 is 10.3 Å². The van der Waals surface area contributed by atoms with Crippen LogP contribution < -0.4 is 10.9 Å². The molecule has 0 saturated carbocycles. The number of H-pyrrole nitrogens is 1. The van der Waals surface area contributed by atoms with Crippen LogP contribution in [0.3, 0.4) is 0 Å². The maximum atomic E-state index is 11.6. The standard InChI is InChI=1S/C16H18N2O/c1-10-7-11-8-14-13(4-5-15(19)18-14)16(9-10)12(11)3-2-6-17-16/h3-5,7,11,17H,2,6,8-9H2,1H3,(H,18,19)/t11-,16+/m0/s1. The van der Waals surface area contributed by atoms with Gasteiger partial charge in [0, 0.05) is 17.7 Å². The number of hydrogen-bond acceptors (Lipinski definition) is 2. The van der Waals surface area contributed by atoms with E-state index in [2.05, 4.69) is 29.4 Å². The van der Waals surface area contributed by atoms with E-state index in [0.717, 1.165) is 31.5 Å². The van der Waals surface area contributed by atoms with Crippen molar-refractivity contribution >= 4 is 0 Å². The zero-order valence-corrected chi connectivity index (χ0v) is 11.1. The van der Waals surface area contributed by atoms with Gasteiger partial charge in [-0.15, -0.1) is 0 Å². The minimum Gasteiger partial charge on any atom is -0.326 e. The largest absolute Gasteiger partial charge is 0.326 e. The highest BCUT2D eigenvalue weighted by molar-refractivity contribution is 5.50. The van der Waals surface area contributed by atoms with E-state index in [-0.39, 0.29) is 11.1 Å². The Hall–Kier alpha value is -1.61. The third-order valence-corrected chi connectivity index (χ3v) is 4.74. The molecule has 0 fully saturated rings. The molecule has 2 N–H and O–H groups in total. The fraction of sp³-hybridized carbons (Fsp3) is 0.438. The molecule has 19 heavy (non-hydrogen) atoms. The van der Waals surface area contributed by atoms with Crippen LogP contribution in [0.2, 0.25) is 0 Å². The molecule has 0 spiro atoms. The molecule has 2 heterocycles. The summed E-state index contributed by atoms with van der Waals surface area (Å²) in [6.45, 7) is 3.24. The van der Waals surface area contributed by atoms with Gasteiger partial charge in [0.05, 0.1) is 5.54 Å². The van der Waals surface area contributed by atoms with Crippen molar-refractivity contribution in [2.24, 2.45) is 5.92 Å². The normalized spacial score (nSPS) is 31.9. The number of allylic oxidation sites excluding steroid dienone is 1. The van der Waals surface area contributed by atoms with Gasteiger partial charge in [0.1, 0.15) is 0 Å². The van der Waals surface area contributed by atoms with E-state index in [4.69, 9.17) is 0 Å². The van der Waals surface area contributed by atoms with Gasteiger partial charge in [0.25, 0.3) is 0 Å². The van der Waals surface area contributed by atoms with Gasteiger partial charge in [0.2, 0.25) is 5.56 Å². The van der Waals surface area contributed by atoms with E-state index in [1.165, 1.54) is 16.7 Å². The number of aromatic amines is 1. The Labute approximate surface area is 112 Å². The minimum atomic E-state index is -0.0560. The SMILES string of the molecule is CC1=C[C@H]2Cc3[nH]c(=O)ccc3[C@]3(C1)NCCC=C23. The Bertz CT molecular complexity index is 668. The number of nitrogens with one attached hydrogen (secondary N) is 2. The van der Waals surface area contributed by atoms with E-state index in [1.807, 2.05) is 6.07 Å². The Balaban J connectivity index is 2.02. The Morgan fingerprint density at radius 1 is 1.37 bits per heavy atom. The zero-order valence-electron chi connectivity index (χ0n) is 11.1. The molecule has 1 aromatic heterocycles. The predicted octanol–water partition coefficient (Wildman–Crippen LogP) is 2.01. The maximum absolute atomic E-state index is 11.6. The maximum Gasteiger partial charge on any atom is 0.248 e. The van der Waals surface area contributed by atoms with Crippen LogP contribution in [-0.2, 0) is 12.0 Å². The highest BCUT2D eigenvalue weighted by Gasteiger charge is 2.47. The van der Waals surface area contributed by atoms with Crippen molar-refractivity contribution in [2.45, 2.75) is 31.7 Å². The van der Waals surface area contributed by atoms with E-state index in [1.54, 1.807) is 6.07 Å². The van der Waals surface area contributed by atoms with E-state index < -0.39 is 0 Å². The molecule has 3 nitrogen and oxygen atoms in total. The van der Waals surface area contributed by atoms with Crippen molar-refractivity contribution in [3.8, 4) is 0 Å². The van der Waals surface area contributed by atoms with Crippen LogP contribution in [-0.4, -0.2) is 11.5 Å². The summed E-state index contributed by atoms with van der Waals surface area (Å²) >= 11 is 0. The van der Waals surface area contributed by atoms with Crippen LogP contribution in [0.5, 0.6) is 0 Å². The van der Waals surface area contributed by atoms with Gasteiger partial charge in [-0.2, -0.15) is 0 Å². The van der Waals surface area contributed by atoms with Crippen LogP contribution >= 0.6 is 0 Å². The second-order valence-corrected chi connectivity index (χ2v) is 6.00. The number of aromatic nitrogens is 1. The van der Waals surface area contributed by atoms with Crippen LogP contribution in [0.4, 0.5) is 0 Å². The van der Waals surface area contributed by atoms with Gasteiger partial charge in [-0.25, -0.2) is 0 Å². The summed E-state index contributed by atoms with van der Waals surface area (Å²) in [7, 11) is 0.